The molecule has 0 aliphatic heterocycles. The van der Waals surface area contributed by atoms with E-state index in [-0.39, 0.29) is 10.7 Å². The number of rotatable bonds is 3. The first kappa shape index (κ1) is 15.0. The maximum Gasteiger partial charge on any atom is 0.308 e. The molecule has 2 aromatic rings. The fraction of sp³-hybridized carbons (Fsp3) is 0.0667. The summed E-state index contributed by atoms with van der Waals surface area (Å²) in [5.41, 5.74) is 0.341. The molecule has 2 aromatic carbocycles. The monoisotopic (exact) mass is 307 g/mol. The van der Waals surface area contributed by atoms with Crippen molar-refractivity contribution in [3.63, 3.8) is 0 Å². The molecule has 1 amide bonds. The number of amides is 1. The molecule has 2 rings (SSSR count). The summed E-state index contributed by atoms with van der Waals surface area (Å²) in [7, 11) is 0. The molecular weight excluding hydrogens is 297 g/mol. The summed E-state index contributed by atoms with van der Waals surface area (Å²) in [6, 6.07) is 9.87. The van der Waals surface area contributed by atoms with Crippen LogP contribution in [0.5, 0.6) is 5.75 Å². The van der Waals surface area contributed by atoms with Gasteiger partial charge in [0.05, 0.1) is 5.69 Å². The Labute approximate surface area is 125 Å². The van der Waals surface area contributed by atoms with Gasteiger partial charge in [-0.05, 0) is 42.5 Å². The van der Waals surface area contributed by atoms with Crippen molar-refractivity contribution in [3.05, 3.63) is 58.9 Å². The van der Waals surface area contributed by atoms with E-state index in [1.54, 1.807) is 0 Å². The highest BCUT2D eigenvalue weighted by molar-refractivity contribution is 6.30. The van der Waals surface area contributed by atoms with E-state index < -0.39 is 17.7 Å². The number of hydrogen-bond donors (Lipinski definition) is 1. The zero-order valence-electron chi connectivity index (χ0n) is 11.0. The second kappa shape index (κ2) is 6.37. The molecule has 0 saturated carbocycles. The SMILES string of the molecule is CC(=O)Oc1ccc(C(=O)Nc2ccc(Cl)cc2F)cc1. The molecule has 0 bridgehead atoms. The molecule has 1 N–H and O–H groups in total. The Bertz CT molecular complexity index is 686. The van der Waals surface area contributed by atoms with Crippen LogP contribution in [0.2, 0.25) is 5.02 Å². The number of halogens is 2. The highest BCUT2D eigenvalue weighted by Crippen LogP contribution is 2.20. The van der Waals surface area contributed by atoms with Gasteiger partial charge in [0.2, 0.25) is 0 Å². The lowest BCUT2D eigenvalue weighted by Crippen LogP contribution is -2.13. The topological polar surface area (TPSA) is 55.4 Å². The first-order valence-electron chi connectivity index (χ1n) is 6.00. The average Bonchev–Trinajstić information content (AvgIpc) is 2.42. The second-order valence-electron chi connectivity index (χ2n) is 4.20. The van der Waals surface area contributed by atoms with Gasteiger partial charge in [-0.2, -0.15) is 0 Å². The zero-order chi connectivity index (χ0) is 15.4. The maximum absolute atomic E-state index is 13.6. The highest BCUT2D eigenvalue weighted by atomic mass is 35.5. The lowest BCUT2D eigenvalue weighted by Gasteiger charge is -2.07. The van der Waals surface area contributed by atoms with Crippen LogP contribution in [-0.4, -0.2) is 11.9 Å². The van der Waals surface area contributed by atoms with Crippen molar-refractivity contribution in [2.24, 2.45) is 0 Å². The molecule has 0 atom stereocenters. The van der Waals surface area contributed by atoms with E-state index in [4.69, 9.17) is 16.3 Å². The minimum absolute atomic E-state index is 0.0356. The van der Waals surface area contributed by atoms with Crippen LogP contribution in [0.15, 0.2) is 42.5 Å². The zero-order valence-corrected chi connectivity index (χ0v) is 11.8. The molecule has 0 saturated heterocycles. The van der Waals surface area contributed by atoms with E-state index in [0.29, 0.717) is 11.3 Å². The van der Waals surface area contributed by atoms with Crippen molar-refractivity contribution in [1.82, 2.24) is 0 Å². The fourth-order valence-electron chi connectivity index (χ4n) is 1.63. The van der Waals surface area contributed by atoms with Crippen LogP contribution in [0.4, 0.5) is 10.1 Å². The average molecular weight is 308 g/mol. The van der Waals surface area contributed by atoms with Crippen molar-refractivity contribution in [2.75, 3.05) is 5.32 Å². The molecule has 4 nitrogen and oxygen atoms in total. The van der Waals surface area contributed by atoms with Crippen molar-refractivity contribution in [1.29, 1.82) is 0 Å². The Morgan fingerprint density at radius 3 is 2.38 bits per heavy atom. The lowest BCUT2D eigenvalue weighted by molar-refractivity contribution is -0.131. The van der Waals surface area contributed by atoms with E-state index in [2.05, 4.69) is 5.32 Å². The van der Waals surface area contributed by atoms with Gasteiger partial charge < -0.3 is 10.1 Å². The minimum Gasteiger partial charge on any atom is -0.427 e. The predicted molar refractivity (Wildman–Crippen MR) is 77.1 cm³/mol. The number of hydrogen-bond acceptors (Lipinski definition) is 3. The number of nitrogens with one attached hydrogen (secondary N) is 1. The third-order valence-electron chi connectivity index (χ3n) is 2.56. The minimum atomic E-state index is -0.618. The van der Waals surface area contributed by atoms with Gasteiger partial charge in [-0.15, -0.1) is 0 Å². The highest BCUT2D eigenvalue weighted by Gasteiger charge is 2.10. The number of esters is 1. The van der Waals surface area contributed by atoms with Crippen molar-refractivity contribution in [3.8, 4) is 5.75 Å². The number of anilines is 1. The summed E-state index contributed by atoms with van der Waals surface area (Å²) in [5.74, 6) is -1.22. The summed E-state index contributed by atoms with van der Waals surface area (Å²) in [5, 5.41) is 2.68. The quantitative estimate of drug-likeness (QED) is 0.695. The van der Waals surface area contributed by atoms with Crippen molar-refractivity contribution < 1.29 is 18.7 Å². The Morgan fingerprint density at radius 1 is 1.14 bits per heavy atom. The van der Waals surface area contributed by atoms with Crippen LogP contribution in [0, 0.1) is 5.82 Å². The van der Waals surface area contributed by atoms with E-state index in [9.17, 15) is 14.0 Å². The molecule has 0 unspecified atom stereocenters. The van der Waals surface area contributed by atoms with E-state index in [1.807, 2.05) is 0 Å². The van der Waals surface area contributed by atoms with Crippen LogP contribution < -0.4 is 10.1 Å². The predicted octanol–water partition coefficient (Wildman–Crippen LogP) is 3.66. The van der Waals surface area contributed by atoms with Crippen LogP contribution >= 0.6 is 11.6 Å². The molecular formula is C15H11ClFNO3. The molecule has 0 aromatic heterocycles. The first-order chi connectivity index (χ1) is 9.95. The molecule has 108 valence electrons. The van der Waals surface area contributed by atoms with Gasteiger partial charge in [0.1, 0.15) is 11.6 Å². The van der Waals surface area contributed by atoms with E-state index >= 15 is 0 Å². The maximum atomic E-state index is 13.6. The Hall–Kier alpha value is -2.40. The molecule has 0 aliphatic rings. The fourth-order valence-corrected chi connectivity index (χ4v) is 1.78. The Balaban J connectivity index is 2.11. The molecule has 0 fully saturated rings. The van der Waals surface area contributed by atoms with Crippen molar-refractivity contribution in [2.45, 2.75) is 6.92 Å². The van der Waals surface area contributed by atoms with Crippen LogP contribution in [0.3, 0.4) is 0 Å². The molecule has 0 aliphatic carbocycles. The van der Waals surface area contributed by atoms with E-state index in [1.165, 1.54) is 43.3 Å². The molecule has 0 radical (unpaired) electrons. The Morgan fingerprint density at radius 2 is 1.81 bits per heavy atom. The van der Waals surface area contributed by atoms with Gasteiger partial charge in [0.15, 0.2) is 0 Å². The van der Waals surface area contributed by atoms with Crippen molar-refractivity contribution >= 4 is 29.2 Å². The standard InChI is InChI=1S/C15H11ClFNO3/c1-9(19)21-12-5-2-10(3-6-12)15(20)18-14-7-4-11(16)8-13(14)17/h2-8H,1H3,(H,18,20). The molecule has 6 heteroatoms. The normalized spacial score (nSPS) is 10.0. The van der Waals surface area contributed by atoms with E-state index in [0.717, 1.165) is 6.07 Å². The van der Waals surface area contributed by atoms with Gasteiger partial charge in [-0.3, -0.25) is 9.59 Å². The summed E-state index contributed by atoms with van der Waals surface area (Å²) in [6.45, 7) is 1.28. The summed E-state index contributed by atoms with van der Waals surface area (Å²) in [4.78, 5) is 22.8. The summed E-state index contributed by atoms with van der Waals surface area (Å²) >= 11 is 5.64. The lowest BCUT2D eigenvalue weighted by atomic mass is 10.2. The smallest absolute Gasteiger partial charge is 0.308 e. The summed E-state index contributed by atoms with van der Waals surface area (Å²) in [6.07, 6.45) is 0. The Kier molecular flexibility index (Phi) is 4.55. The van der Waals surface area contributed by atoms with Gasteiger partial charge >= 0.3 is 5.97 Å². The molecule has 0 spiro atoms. The third kappa shape index (κ3) is 4.03. The number of carbonyl (C=O) groups excluding carboxylic acids is 2. The second-order valence-corrected chi connectivity index (χ2v) is 4.63. The largest absolute Gasteiger partial charge is 0.427 e. The summed E-state index contributed by atoms with van der Waals surface area (Å²) < 4.78 is 18.4. The van der Waals surface area contributed by atoms with Gasteiger partial charge in [0, 0.05) is 17.5 Å². The third-order valence-corrected chi connectivity index (χ3v) is 2.79. The molecule has 21 heavy (non-hydrogen) atoms. The van der Waals surface area contributed by atoms with Crippen LogP contribution in [-0.2, 0) is 4.79 Å². The number of benzene rings is 2. The number of carbonyl (C=O) groups is 2. The van der Waals surface area contributed by atoms with Gasteiger partial charge in [0.25, 0.3) is 5.91 Å². The van der Waals surface area contributed by atoms with Gasteiger partial charge in [-0.1, -0.05) is 11.6 Å². The van der Waals surface area contributed by atoms with Crippen LogP contribution in [0.25, 0.3) is 0 Å². The molecule has 0 heterocycles. The first-order valence-corrected chi connectivity index (χ1v) is 6.38. The van der Waals surface area contributed by atoms with Gasteiger partial charge in [-0.25, -0.2) is 4.39 Å². The number of ether oxygens (including phenoxy) is 1. The van der Waals surface area contributed by atoms with Crippen LogP contribution in [0.1, 0.15) is 17.3 Å².